The van der Waals surface area contributed by atoms with Crippen molar-refractivity contribution in [2.24, 2.45) is 0 Å². The molecular formula is C17H13ClN2O3S2. The van der Waals surface area contributed by atoms with Crippen LogP contribution >= 0.6 is 22.9 Å². The number of amides is 1. The maximum Gasteiger partial charge on any atom is 0.265 e. The molecule has 0 spiro atoms. The van der Waals surface area contributed by atoms with Crippen LogP contribution in [0.5, 0.6) is 0 Å². The second-order valence-corrected chi connectivity index (χ2v) is 8.08. The van der Waals surface area contributed by atoms with Crippen molar-refractivity contribution in [2.45, 2.75) is 4.90 Å². The fourth-order valence-electron chi connectivity index (χ4n) is 2.07. The van der Waals surface area contributed by atoms with Gasteiger partial charge < -0.3 is 5.32 Å². The van der Waals surface area contributed by atoms with Crippen molar-refractivity contribution in [2.75, 3.05) is 10.0 Å². The van der Waals surface area contributed by atoms with Gasteiger partial charge in [0.2, 0.25) is 0 Å². The van der Waals surface area contributed by atoms with Gasteiger partial charge in [-0.3, -0.25) is 9.52 Å². The number of benzene rings is 2. The molecule has 0 fully saturated rings. The Labute approximate surface area is 154 Å². The third kappa shape index (κ3) is 4.19. The van der Waals surface area contributed by atoms with Gasteiger partial charge in [-0.1, -0.05) is 29.8 Å². The van der Waals surface area contributed by atoms with E-state index in [9.17, 15) is 13.2 Å². The lowest BCUT2D eigenvalue weighted by atomic mass is 10.3. The number of rotatable bonds is 5. The van der Waals surface area contributed by atoms with Crippen molar-refractivity contribution < 1.29 is 13.2 Å². The largest absolute Gasteiger partial charge is 0.321 e. The lowest BCUT2D eigenvalue weighted by Crippen LogP contribution is -2.14. The van der Waals surface area contributed by atoms with E-state index in [0.717, 1.165) is 0 Å². The second kappa shape index (κ2) is 7.26. The van der Waals surface area contributed by atoms with Gasteiger partial charge >= 0.3 is 0 Å². The number of nitrogens with one attached hydrogen (secondary N) is 2. The summed E-state index contributed by atoms with van der Waals surface area (Å²) < 4.78 is 27.3. The van der Waals surface area contributed by atoms with Crippen LogP contribution in [0.15, 0.2) is 70.9 Å². The highest BCUT2D eigenvalue weighted by Gasteiger charge is 2.16. The van der Waals surface area contributed by atoms with Crippen molar-refractivity contribution in [3.8, 4) is 0 Å². The SMILES string of the molecule is O=C(Nc1ccc(S(=O)(=O)Nc2ccccc2Cl)cc1)c1cccs1. The number of carbonyl (C=O) groups is 1. The van der Waals surface area contributed by atoms with Crippen LogP contribution in [0, 0.1) is 0 Å². The predicted octanol–water partition coefficient (Wildman–Crippen LogP) is 4.45. The molecule has 0 saturated heterocycles. The molecule has 0 aliphatic heterocycles. The number of halogens is 1. The molecule has 1 amide bonds. The molecule has 0 bridgehead atoms. The van der Waals surface area contributed by atoms with E-state index < -0.39 is 10.0 Å². The minimum atomic E-state index is -3.77. The summed E-state index contributed by atoms with van der Waals surface area (Å²) in [4.78, 5) is 12.6. The average molecular weight is 393 g/mol. The van der Waals surface area contributed by atoms with Gasteiger partial charge in [0.25, 0.3) is 15.9 Å². The van der Waals surface area contributed by atoms with E-state index in [4.69, 9.17) is 11.6 Å². The average Bonchev–Trinajstić information content (AvgIpc) is 3.12. The Balaban J connectivity index is 1.75. The molecule has 128 valence electrons. The topological polar surface area (TPSA) is 75.3 Å². The Bertz CT molecular complexity index is 985. The van der Waals surface area contributed by atoms with E-state index in [1.165, 1.54) is 35.6 Å². The maximum absolute atomic E-state index is 12.4. The molecule has 25 heavy (non-hydrogen) atoms. The van der Waals surface area contributed by atoms with Crippen molar-refractivity contribution >= 4 is 50.2 Å². The first-order valence-electron chi connectivity index (χ1n) is 7.18. The van der Waals surface area contributed by atoms with E-state index in [0.29, 0.717) is 21.3 Å². The molecule has 3 rings (SSSR count). The normalized spacial score (nSPS) is 11.1. The van der Waals surface area contributed by atoms with Crippen LogP contribution in [0.4, 0.5) is 11.4 Å². The number of carbonyl (C=O) groups excluding carboxylic acids is 1. The van der Waals surface area contributed by atoms with Gasteiger partial charge in [0, 0.05) is 5.69 Å². The Morgan fingerprint density at radius 1 is 0.960 bits per heavy atom. The zero-order chi connectivity index (χ0) is 17.9. The van der Waals surface area contributed by atoms with Crippen LogP contribution in [0.25, 0.3) is 0 Å². The quantitative estimate of drug-likeness (QED) is 0.673. The maximum atomic E-state index is 12.4. The highest BCUT2D eigenvalue weighted by atomic mass is 35.5. The van der Waals surface area contributed by atoms with Gasteiger partial charge in [-0.2, -0.15) is 0 Å². The summed E-state index contributed by atoms with van der Waals surface area (Å²) in [5.41, 5.74) is 0.814. The summed E-state index contributed by atoms with van der Waals surface area (Å²) in [6.45, 7) is 0. The second-order valence-electron chi connectivity index (χ2n) is 5.04. The predicted molar refractivity (Wildman–Crippen MR) is 101 cm³/mol. The molecule has 2 N–H and O–H groups in total. The molecule has 0 atom stereocenters. The molecule has 0 unspecified atom stereocenters. The first kappa shape index (κ1) is 17.5. The van der Waals surface area contributed by atoms with Gasteiger partial charge in [0.15, 0.2) is 0 Å². The highest BCUT2D eigenvalue weighted by molar-refractivity contribution is 7.92. The molecule has 1 heterocycles. The fraction of sp³-hybridized carbons (Fsp3) is 0. The van der Waals surface area contributed by atoms with Crippen LogP contribution in [0.2, 0.25) is 5.02 Å². The standard InChI is InChI=1S/C17H13ClN2O3S2/c18-14-4-1-2-5-15(14)20-25(22,23)13-9-7-12(8-10-13)19-17(21)16-6-3-11-24-16/h1-11,20H,(H,19,21). The number of para-hydroxylation sites is 1. The van der Waals surface area contributed by atoms with Crippen LogP contribution in [0.1, 0.15) is 9.67 Å². The molecule has 1 aromatic heterocycles. The van der Waals surface area contributed by atoms with Gasteiger partial charge in [0.1, 0.15) is 0 Å². The van der Waals surface area contributed by atoms with Crippen molar-refractivity contribution in [3.63, 3.8) is 0 Å². The van der Waals surface area contributed by atoms with E-state index in [2.05, 4.69) is 10.0 Å². The van der Waals surface area contributed by atoms with Gasteiger partial charge in [-0.15, -0.1) is 11.3 Å². The summed E-state index contributed by atoms with van der Waals surface area (Å²) in [5.74, 6) is -0.236. The summed E-state index contributed by atoms with van der Waals surface area (Å²) in [6.07, 6.45) is 0. The first-order chi connectivity index (χ1) is 12.0. The molecule has 8 heteroatoms. The molecule has 0 aliphatic rings. The zero-order valence-electron chi connectivity index (χ0n) is 12.8. The van der Waals surface area contributed by atoms with Crippen LogP contribution in [0.3, 0.4) is 0 Å². The molecule has 0 saturated carbocycles. The number of thiophene rings is 1. The van der Waals surface area contributed by atoms with E-state index in [1.54, 1.807) is 36.4 Å². The molecular weight excluding hydrogens is 380 g/mol. The lowest BCUT2D eigenvalue weighted by molar-refractivity contribution is 0.103. The smallest absolute Gasteiger partial charge is 0.265 e. The van der Waals surface area contributed by atoms with Gasteiger partial charge in [-0.25, -0.2) is 8.42 Å². The van der Waals surface area contributed by atoms with Crippen molar-refractivity contribution in [1.29, 1.82) is 0 Å². The van der Waals surface area contributed by atoms with Crippen molar-refractivity contribution in [1.82, 2.24) is 0 Å². The van der Waals surface area contributed by atoms with E-state index in [1.807, 2.05) is 5.38 Å². The third-order valence-corrected chi connectivity index (χ3v) is 5.87. The molecule has 0 radical (unpaired) electrons. The van der Waals surface area contributed by atoms with Crippen LogP contribution in [-0.2, 0) is 10.0 Å². The summed E-state index contributed by atoms with van der Waals surface area (Å²) in [7, 11) is -3.77. The first-order valence-corrected chi connectivity index (χ1v) is 9.92. The Morgan fingerprint density at radius 3 is 2.32 bits per heavy atom. The molecule has 3 aromatic rings. The Morgan fingerprint density at radius 2 is 1.68 bits per heavy atom. The number of hydrogen-bond donors (Lipinski definition) is 2. The van der Waals surface area contributed by atoms with Crippen LogP contribution in [-0.4, -0.2) is 14.3 Å². The summed E-state index contributed by atoms with van der Waals surface area (Å²) >= 11 is 7.31. The number of sulfonamides is 1. The van der Waals surface area contributed by atoms with E-state index >= 15 is 0 Å². The summed E-state index contributed by atoms with van der Waals surface area (Å²) in [6, 6.07) is 16.0. The minimum Gasteiger partial charge on any atom is -0.321 e. The number of anilines is 2. The summed E-state index contributed by atoms with van der Waals surface area (Å²) in [5, 5.41) is 4.84. The lowest BCUT2D eigenvalue weighted by Gasteiger charge is -2.10. The third-order valence-electron chi connectivity index (χ3n) is 3.29. The Kier molecular flexibility index (Phi) is 5.08. The zero-order valence-corrected chi connectivity index (χ0v) is 15.2. The van der Waals surface area contributed by atoms with Crippen molar-refractivity contribution in [3.05, 3.63) is 75.9 Å². The highest BCUT2D eigenvalue weighted by Crippen LogP contribution is 2.24. The van der Waals surface area contributed by atoms with E-state index in [-0.39, 0.29) is 10.8 Å². The minimum absolute atomic E-state index is 0.0709. The fourth-order valence-corrected chi connectivity index (χ4v) is 4.00. The number of hydrogen-bond acceptors (Lipinski definition) is 4. The monoisotopic (exact) mass is 392 g/mol. The Hall–Kier alpha value is -2.35. The van der Waals surface area contributed by atoms with Crippen LogP contribution < -0.4 is 10.0 Å². The molecule has 5 nitrogen and oxygen atoms in total. The molecule has 0 aliphatic carbocycles. The molecule has 2 aromatic carbocycles. The van der Waals surface area contributed by atoms with Gasteiger partial charge in [-0.05, 0) is 47.8 Å². The van der Waals surface area contributed by atoms with Gasteiger partial charge in [0.05, 0.1) is 20.5 Å².